The lowest BCUT2D eigenvalue weighted by Crippen LogP contribution is -2.47. The molecule has 2 aliphatic rings. The quantitative estimate of drug-likeness (QED) is 0.606. The van der Waals surface area contributed by atoms with Crippen LogP contribution in [0.25, 0.3) is 0 Å². The summed E-state index contributed by atoms with van der Waals surface area (Å²) >= 11 is 0. The van der Waals surface area contributed by atoms with Crippen LogP contribution in [0.2, 0.25) is 0 Å². The molecule has 0 radical (unpaired) electrons. The molecule has 4 heteroatoms. The van der Waals surface area contributed by atoms with Crippen molar-refractivity contribution in [1.82, 2.24) is 0 Å². The Morgan fingerprint density at radius 1 is 1.36 bits per heavy atom. The normalized spacial score (nSPS) is 39.7. The molecule has 2 saturated carbocycles. The van der Waals surface area contributed by atoms with E-state index in [2.05, 4.69) is 0 Å². The summed E-state index contributed by atoms with van der Waals surface area (Å²) in [7, 11) is 0. The van der Waals surface area contributed by atoms with Gasteiger partial charge in [0, 0.05) is 0 Å². The summed E-state index contributed by atoms with van der Waals surface area (Å²) < 4.78 is 0. The first kappa shape index (κ1) is 9.93. The van der Waals surface area contributed by atoms with E-state index in [1.807, 2.05) is 0 Å². The van der Waals surface area contributed by atoms with Crippen molar-refractivity contribution in [3.05, 3.63) is 0 Å². The first-order valence-corrected chi connectivity index (χ1v) is 5.26. The molecule has 14 heavy (non-hydrogen) atoms. The largest absolute Gasteiger partial charge is 0.480 e. The molecule has 2 aliphatic carbocycles. The molecule has 0 saturated heterocycles. The Labute approximate surface area is 83.1 Å². The van der Waals surface area contributed by atoms with E-state index in [-0.39, 0.29) is 5.92 Å². The average molecular weight is 199 g/mol. The zero-order valence-corrected chi connectivity index (χ0v) is 8.10. The Hall–Kier alpha value is -0.610. The third kappa shape index (κ3) is 1.53. The highest BCUT2D eigenvalue weighted by Crippen LogP contribution is 2.49. The lowest BCUT2D eigenvalue weighted by molar-refractivity contribution is -0.142. The van der Waals surface area contributed by atoms with Crippen LogP contribution < -0.4 is 5.73 Å². The van der Waals surface area contributed by atoms with Crippen molar-refractivity contribution in [3.63, 3.8) is 0 Å². The summed E-state index contributed by atoms with van der Waals surface area (Å²) in [5.41, 5.74) is 5.42. The molecule has 5 unspecified atom stereocenters. The number of nitrogens with two attached hydrogens (primary N) is 1. The van der Waals surface area contributed by atoms with Gasteiger partial charge < -0.3 is 15.9 Å². The molecule has 0 aromatic heterocycles. The fourth-order valence-corrected chi connectivity index (χ4v) is 3.12. The third-order valence-corrected chi connectivity index (χ3v) is 3.88. The monoisotopic (exact) mass is 199 g/mol. The number of aliphatic carboxylic acids is 1. The van der Waals surface area contributed by atoms with Gasteiger partial charge in [-0.15, -0.1) is 0 Å². The topological polar surface area (TPSA) is 83.6 Å². The smallest absolute Gasteiger partial charge is 0.323 e. The predicted molar refractivity (Wildman–Crippen MR) is 50.6 cm³/mol. The fraction of sp³-hybridized carbons (Fsp3) is 0.900. The maximum absolute atomic E-state index is 10.6. The van der Waals surface area contributed by atoms with E-state index in [0.29, 0.717) is 11.8 Å². The summed E-state index contributed by atoms with van der Waals surface area (Å²) in [6, 6.07) is -1.11. The second kappa shape index (κ2) is 3.51. The van der Waals surface area contributed by atoms with Crippen LogP contribution in [0, 0.1) is 17.8 Å². The molecule has 80 valence electrons. The molecule has 0 aromatic carbocycles. The molecule has 2 fully saturated rings. The molecule has 0 aromatic rings. The predicted octanol–water partition coefficient (Wildman–Crippen LogP) is 0.195. The van der Waals surface area contributed by atoms with Crippen molar-refractivity contribution in [3.8, 4) is 0 Å². The molecule has 4 N–H and O–H groups in total. The van der Waals surface area contributed by atoms with Gasteiger partial charge in [-0.25, -0.2) is 0 Å². The first-order valence-electron chi connectivity index (χ1n) is 5.26. The van der Waals surface area contributed by atoms with Crippen LogP contribution in [-0.2, 0) is 4.79 Å². The number of aliphatic hydroxyl groups excluding tert-OH is 1. The van der Waals surface area contributed by atoms with Crippen LogP contribution >= 0.6 is 0 Å². The number of rotatable bonds is 3. The molecule has 5 atom stereocenters. The number of hydrogen-bond donors (Lipinski definition) is 3. The maximum Gasteiger partial charge on any atom is 0.323 e. The van der Waals surface area contributed by atoms with Crippen LogP contribution in [0.3, 0.4) is 0 Å². The van der Waals surface area contributed by atoms with E-state index in [9.17, 15) is 9.90 Å². The fourth-order valence-electron chi connectivity index (χ4n) is 3.12. The number of carboxylic acid groups (broad SMARTS) is 1. The lowest BCUT2D eigenvalue weighted by Gasteiger charge is -2.28. The van der Waals surface area contributed by atoms with Crippen LogP contribution in [0.15, 0.2) is 0 Å². The number of hydrogen-bond acceptors (Lipinski definition) is 3. The maximum atomic E-state index is 10.6. The number of fused-ring (bicyclic) bond motifs is 2. The molecule has 0 amide bonds. The van der Waals surface area contributed by atoms with Gasteiger partial charge in [-0.3, -0.25) is 4.79 Å². The van der Waals surface area contributed by atoms with Gasteiger partial charge in [0.2, 0.25) is 0 Å². The van der Waals surface area contributed by atoms with E-state index in [1.165, 1.54) is 6.42 Å². The molecule has 0 spiro atoms. The van der Waals surface area contributed by atoms with Crippen LogP contribution in [0.5, 0.6) is 0 Å². The summed E-state index contributed by atoms with van der Waals surface area (Å²) in [6.07, 6.45) is 3.65. The standard InChI is InChI=1S/C10H17NO3/c11-8(10(13)14)9(12)7-4-5-1-2-6(7)3-5/h5-9,12H,1-4,11H2,(H,13,14). The number of aliphatic hydroxyl groups is 1. The Morgan fingerprint density at radius 2 is 2.07 bits per heavy atom. The molecular weight excluding hydrogens is 182 g/mol. The highest BCUT2D eigenvalue weighted by Gasteiger charge is 2.45. The van der Waals surface area contributed by atoms with Crippen LogP contribution in [0.1, 0.15) is 25.7 Å². The Kier molecular flexibility index (Phi) is 2.49. The second-order valence-electron chi connectivity index (χ2n) is 4.69. The molecule has 4 nitrogen and oxygen atoms in total. The van der Waals surface area contributed by atoms with Gasteiger partial charge >= 0.3 is 5.97 Å². The van der Waals surface area contributed by atoms with Crippen LogP contribution in [0.4, 0.5) is 0 Å². The summed E-state index contributed by atoms with van der Waals surface area (Å²) in [6.45, 7) is 0. The van der Waals surface area contributed by atoms with Crippen molar-refractivity contribution in [1.29, 1.82) is 0 Å². The zero-order valence-electron chi connectivity index (χ0n) is 8.10. The van der Waals surface area contributed by atoms with Crippen LogP contribution in [-0.4, -0.2) is 28.3 Å². The van der Waals surface area contributed by atoms with Gasteiger partial charge in [-0.05, 0) is 37.0 Å². The lowest BCUT2D eigenvalue weighted by atomic mass is 9.82. The summed E-state index contributed by atoms with van der Waals surface area (Å²) in [4.78, 5) is 10.6. The number of carboxylic acids is 1. The molecular formula is C10H17NO3. The minimum absolute atomic E-state index is 0.125. The van der Waals surface area contributed by atoms with E-state index >= 15 is 0 Å². The van der Waals surface area contributed by atoms with Gasteiger partial charge in [0.25, 0.3) is 0 Å². The van der Waals surface area contributed by atoms with Crippen molar-refractivity contribution < 1.29 is 15.0 Å². The summed E-state index contributed by atoms with van der Waals surface area (Å²) in [5.74, 6) is 0.251. The minimum atomic E-state index is -1.11. The van der Waals surface area contributed by atoms with E-state index in [1.54, 1.807) is 0 Å². The average Bonchev–Trinajstić information content (AvgIpc) is 2.76. The summed E-state index contributed by atoms with van der Waals surface area (Å²) in [5, 5.41) is 18.5. The molecule has 0 aliphatic heterocycles. The number of carbonyl (C=O) groups is 1. The van der Waals surface area contributed by atoms with Gasteiger partial charge in [-0.2, -0.15) is 0 Å². The molecule has 0 heterocycles. The minimum Gasteiger partial charge on any atom is -0.480 e. The second-order valence-corrected chi connectivity index (χ2v) is 4.69. The zero-order chi connectivity index (χ0) is 10.3. The van der Waals surface area contributed by atoms with Crippen molar-refractivity contribution in [2.24, 2.45) is 23.5 Å². The SMILES string of the molecule is NC(C(=O)O)C(O)C1CC2CCC1C2. The van der Waals surface area contributed by atoms with E-state index < -0.39 is 18.1 Å². The van der Waals surface area contributed by atoms with Crippen molar-refractivity contribution in [2.75, 3.05) is 0 Å². The Morgan fingerprint density at radius 3 is 2.50 bits per heavy atom. The highest BCUT2D eigenvalue weighted by molar-refractivity contribution is 5.73. The van der Waals surface area contributed by atoms with Gasteiger partial charge in [0.1, 0.15) is 6.04 Å². The van der Waals surface area contributed by atoms with Crippen molar-refractivity contribution >= 4 is 5.97 Å². The van der Waals surface area contributed by atoms with E-state index in [0.717, 1.165) is 19.3 Å². The third-order valence-electron chi connectivity index (χ3n) is 3.88. The van der Waals surface area contributed by atoms with Gasteiger partial charge in [0.15, 0.2) is 0 Å². The van der Waals surface area contributed by atoms with E-state index in [4.69, 9.17) is 10.8 Å². The molecule has 2 rings (SSSR count). The van der Waals surface area contributed by atoms with Crippen molar-refractivity contribution in [2.45, 2.75) is 37.8 Å². The van der Waals surface area contributed by atoms with Gasteiger partial charge in [0.05, 0.1) is 6.10 Å². The Balaban J connectivity index is 1.98. The van der Waals surface area contributed by atoms with Gasteiger partial charge in [-0.1, -0.05) is 6.42 Å². The Bertz CT molecular complexity index is 244. The highest BCUT2D eigenvalue weighted by atomic mass is 16.4. The molecule has 2 bridgehead atoms. The first-order chi connectivity index (χ1) is 6.59.